The highest BCUT2D eigenvalue weighted by molar-refractivity contribution is 7.89. The molecule has 0 saturated heterocycles. The quantitative estimate of drug-likeness (QED) is 0.522. The Morgan fingerprint density at radius 2 is 2.00 bits per heavy atom. The molecule has 1 aromatic rings. The number of halogens is 2. The Balaban J connectivity index is 2.77. The number of nitrogens with one attached hydrogen (secondary N) is 1. The van der Waals surface area contributed by atoms with Crippen molar-refractivity contribution in [3.05, 3.63) is 42.0 Å². The fourth-order valence-corrected chi connectivity index (χ4v) is 3.28. The topological polar surface area (TPSA) is 75.6 Å². The lowest BCUT2D eigenvalue weighted by atomic mass is 9.91. The van der Waals surface area contributed by atoms with Gasteiger partial charge in [-0.25, -0.2) is 21.9 Å². The molecular formula is C19H29F2NO4S. The minimum absolute atomic E-state index is 0.170. The molecule has 0 spiro atoms. The zero-order valence-corrected chi connectivity index (χ0v) is 16.8. The maximum absolute atomic E-state index is 12.3. The molecule has 0 amide bonds. The van der Waals surface area contributed by atoms with Crippen LogP contribution >= 0.6 is 0 Å². The molecule has 27 heavy (non-hydrogen) atoms. The summed E-state index contributed by atoms with van der Waals surface area (Å²) in [6.07, 6.45) is 1.83. The van der Waals surface area contributed by atoms with E-state index >= 15 is 0 Å². The summed E-state index contributed by atoms with van der Waals surface area (Å²) in [7, 11) is -3.59. The fraction of sp³-hybridized carbons (Fsp3) is 0.579. The second kappa shape index (κ2) is 10.7. The normalized spacial score (nSPS) is 14.8. The molecule has 1 aromatic carbocycles. The molecule has 0 fully saturated rings. The molecule has 0 aliphatic carbocycles. The highest BCUT2D eigenvalue weighted by atomic mass is 32.2. The van der Waals surface area contributed by atoms with E-state index < -0.39 is 28.7 Å². The largest absolute Gasteiger partial charge is 0.488 e. The third kappa shape index (κ3) is 8.81. The molecule has 154 valence electrons. The molecule has 0 aliphatic heterocycles. The molecule has 5 nitrogen and oxygen atoms in total. The van der Waals surface area contributed by atoms with Crippen LogP contribution in [0.3, 0.4) is 0 Å². The van der Waals surface area contributed by atoms with Crippen LogP contribution in [0.1, 0.15) is 39.2 Å². The Hall–Kier alpha value is -1.51. The molecule has 1 atom stereocenters. The van der Waals surface area contributed by atoms with Crippen molar-refractivity contribution in [1.29, 1.82) is 0 Å². The predicted octanol–water partition coefficient (Wildman–Crippen LogP) is 3.45. The van der Waals surface area contributed by atoms with Gasteiger partial charge in [0, 0.05) is 6.54 Å². The summed E-state index contributed by atoms with van der Waals surface area (Å²) in [5.41, 5.74) is -1.08. The standard InChI is InChI=1S/C19H29F2NO4S/c1-4-19(23,14-22-27(24,25)11-6-5-8-15(2)3)16-9-7-10-17(12-16)26-13-18(20)21/h5-7,9-10,12,15,18,22-23H,4,8,11,13-14H2,1-3H3/b6-5+/t19-/m1/s1. The van der Waals surface area contributed by atoms with Crippen molar-refractivity contribution in [1.82, 2.24) is 4.72 Å². The lowest BCUT2D eigenvalue weighted by Crippen LogP contribution is -2.41. The summed E-state index contributed by atoms with van der Waals surface area (Å²) in [5.74, 6) is 0.470. The molecule has 0 unspecified atom stereocenters. The van der Waals surface area contributed by atoms with Gasteiger partial charge in [0.1, 0.15) is 18.0 Å². The van der Waals surface area contributed by atoms with Crippen molar-refractivity contribution >= 4 is 10.0 Å². The summed E-state index contributed by atoms with van der Waals surface area (Å²) in [6, 6.07) is 6.13. The predicted molar refractivity (Wildman–Crippen MR) is 103 cm³/mol. The number of hydrogen-bond acceptors (Lipinski definition) is 4. The van der Waals surface area contributed by atoms with Crippen LogP contribution in [0.2, 0.25) is 0 Å². The van der Waals surface area contributed by atoms with Crippen LogP contribution in [0, 0.1) is 5.92 Å². The van der Waals surface area contributed by atoms with Crippen LogP contribution in [-0.4, -0.2) is 38.9 Å². The number of ether oxygens (including phenoxy) is 1. The Labute approximate surface area is 160 Å². The molecule has 8 heteroatoms. The number of aliphatic hydroxyl groups is 1. The molecule has 1 rings (SSSR count). The first-order valence-corrected chi connectivity index (χ1v) is 10.6. The van der Waals surface area contributed by atoms with Crippen LogP contribution in [0.4, 0.5) is 8.78 Å². The average Bonchev–Trinajstić information content (AvgIpc) is 2.62. The van der Waals surface area contributed by atoms with E-state index in [0.29, 0.717) is 11.5 Å². The van der Waals surface area contributed by atoms with Gasteiger partial charge in [-0.2, -0.15) is 0 Å². The van der Waals surface area contributed by atoms with E-state index in [9.17, 15) is 22.3 Å². The molecule has 0 bridgehead atoms. The lowest BCUT2D eigenvalue weighted by molar-refractivity contribution is 0.0374. The van der Waals surface area contributed by atoms with Gasteiger partial charge in [-0.1, -0.05) is 45.1 Å². The van der Waals surface area contributed by atoms with E-state index in [2.05, 4.69) is 4.72 Å². The number of alkyl halides is 2. The molecule has 0 radical (unpaired) electrons. The van der Waals surface area contributed by atoms with Gasteiger partial charge in [-0.05, 0) is 36.5 Å². The zero-order chi connectivity index (χ0) is 20.5. The number of benzene rings is 1. The first-order valence-electron chi connectivity index (χ1n) is 8.94. The first kappa shape index (κ1) is 23.5. The number of hydrogen-bond donors (Lipinski definition) is 2. The summed E-state index contributed by atoms with van der Waals surface area (Å²) in [5, 5.41) is 10.9. The van der Waals surface area contributed by atoms with Gasteiger partial charge in [0.05, 0.1) is 5.75 Å². The molecule has 0 saturated carbocycles. The SMILES string of the molecule is CC[C@@](O)(CNS(=O)(=O)C/C=C/CC(C)C)c1cccc(OCC(F)F)c1. The molecule has 0 aliphatic rings. The molecular weight excluding hydrogens is 376 g/mol. The molecule has 2 N–H and O–H groups in total. The van der Waals surface area contributed by atoms with E-state index in [1.165, 1.54) is 12.1 Å². The van der Waals surface area contributed by atoms with Gasteiger partial charge in [0.15, 0.2) is 0 Å². The summed E-state index contributed by atoms with van der Waals surface area (Å²) in [6.45, 7) is 4.82. The fourth-order valence-electron chi connectivity index (χ4n) is 2.32. The van der Waals surface area contributed by atoms with Crippen molar-refractivity contribution in [2.45, 2.75) is 45.6 Å². The van der Waals surface area contributed by atoms with Gasteiger partial charge >= 0.3 is 0 Å². The third-order valence-electron chi connectivity index (χ3n) is 4.01. The van der Waals surface area contributed by atoms with Crippen LogP contribution in [0.5, 0.6) is 5.75 Å². The van der Waals surface area contributed by atoms with Crippen molar-refractivity contribution in [3.63, 3.8) is 0 Å². The summed E-state index contributed by atoms with van der Waals surface area (Å²) in [4.78, 5) is 0. The van der Waals surface area contributed by atoms with Crippen molar-refractivity contribution in [2.75, 3.05) is 18.9 Å². The first-order chi connectivity index (χ1) is 12.6. The highest BCUT2D eigenvalue weighted by Crippen LogP contribution is 2.27. The van der Waals surface area contributed by atoms with E-state index in [-0.39, 0.29) is 24.5 Å². The van der Waals surface area contributed by atoms with E-state index in [1.54, 1.807) is 25.1 Å². The van der Waals surface area contributed by atoms with Crippen molar-refractivity contribution in [3.8, 4) is 5.75 Å². The third-order valence-corrected chi connectivity index (χ3v) is 5.22. The Morgan fingerprint density at radius 1 is 1.30 bits per heavy atom. The van der Waals surface area contributed by atoms with Crippen molar-refractivity contribution in [2.24, 2.45) is 5.92 Å². The Bertz CT molecular complexity index is 707. The smallest absolute Gasteiger partial charge is 0.272 e. The number of allylic oxidation sites excluding steroid dienone is 1. The van der Waals surface area contributed by atoms with Gasteiger partial charge in [-0.3, -0.25) is 0 Å². The highest BCUT2D eigenvalue weighted by Gasteiger charge is 2.29. The van der Waals surface area contributed by atoms with Gasteiger partial charge in [0.2, 0.25) is 10.0 Å². The number of sulfonamides is 1. The maximum atomic E-state index is 12.3. The van der Waals surface area contributed by atoms with Crippen LogP contribution in [0.25, 0.3) is 0 Å². The maximum Gasteiger partial charge on any atom is 0.272 e. The zero-order valence-electron chi connectivity index (χ0n) is 16.0. The van der Waals surface area contributed by atoms with Crippen molar-refractivity contribution < 1.29 is 27.0 Å². The van der Waals surface area contributed by atoms with Crippen LogP contribution in [0.15, 0.2) is 36.4 Å². The lowest BCUT2D eigenvalue weighted by Gasteiger charge is -2.28. The van der Waals surface area contributed by atoms with Gasteiger partial charge in [0.25, 0.3) is 6.43 Å². The number of rotatable bonds is 12. The van der Waals surface area contributed by atoms with E-state index in [1.807, 2.05) is 19.9 Å². The summed E-state index contributed by atoms with van der Waals surface area (Å²) < 4.78 is 56.2. The van der Waals surface area contributed by atoms with E-state index in [4.69, 9.17) is 4.74 Å². The minimum Gasteiger partial charge on any atom is -0.488 e. The van der Waals surface area contributed by atoms with E-state index in [0.717, 1.165) is 6.42 Å². The Morgan fingerprint density at radius 3 is 2.59 bits per heavy atom. The minimum atomic E-state index is -3.59. The second-order valence-electron chi connectivity index (χ2n) is 6.82. The van der Waals surface area contributed by atoms with Gasteiger partial charge < -0.3 is 9.84 Å². The molecule has 0 heterocycles. The monoisotopic (exact) mass is 405 g/mol. The summed E-state index contributed by atoms with van der Waals surface area (Å²) >= 11 is 0. The van der Waals surface area contributed by atoms with Gasteiger partial charge in [-0.15, -0.1) is 0 Å². The van der Waals surface area contributed by atoms with Crippen LogP contribution in [-0.2, 0) is 15.6 Å². The Kier molecular flexibility index (Phi) is 9.35. The van der Waals surface area contributed by atoms with Crippen LogP contribution < -0.4 is 9.46 Å². The average molecular weight is 406 g/mol. The second-order valence-corrected chi connectivity index (χ2v) is 8.67. The molecule has 0 aromatic heterocycles.